The minimum Gasteiger partial charge on any atom is -0.381 e. The molecule has 1 unspecified atom stereocenters. The summed E-state index contributed by atoms with van der Waals surface area (Å²) in [5.41, 5.74) is 0. The standard InChI is InChI=1S/C12H21NO3/c14-11(7-10-1-4-15-5-2-10)8-12-9-13-3-6-16-12/h10,12-13H,1-9H2. The van der Waals surface area contributed by atoms with Crippen LogP contribution >= 0.6 is 0 Å². The van der Waals surface area contributed by atoms with Crippen molar-refractivity contribution >= 4 is 5.78 Å². The van der Waals surface area contributed by atoms with Gasteiger partial charge in [-0.15, -0.1) is 0 Å². The van der Waals surface area contributed by atoms with E-state index in [0.29, 0.717) is 24.5 Å². The van der Waals surface area contributed by atoms with Crippen LogP contribution in [0.4, 0.5) is 0 Å². The van der Waals surface area contributed by atoms with Gasteiger partial charge < -0.3 is 14.8 Å². The first-order valence-electron chi connectivity index (χ1n) is 6.26. The number of carbonyl (C=O) groups is 1. The lowest BCUT2D eigenvalue weighted by atomic mass is 9.92. The summed E-state index contributed by atoms with van der Waals surface area (Å²) in [6.07, 6.45) is 3.46. The van der Waals surface area contributed by atoms with Gasteiger partial charge in [-0.3, -0.25) is 4.79 Å². The Bertz CT molecular complexity index is 198. The Kier molecular flexibility index (Phi) is 4.75. The summed E-state index contributed by atoms with van der Waals surface area (Å²) < 4.78 is 10.8. The molecule has 0 aromatic carbocycles. The van der Waals surface area contributed by atoms with Crippen LogP contribution in [-0.4, -0.2) is 44.8 Å². The quantitative estimate of drug-likeness (QED) is 0.770. The van der Waals surface area contributed by atoms with Crippen molar-refractivity contribution in [1.82, 2.24) is 5.32 Å². The molecule has 0 amide bonds. The SMILES string of the molecule is O=C(CC1CCOCC1)CC1CNCCO1. The molecule has 16 heavy (non-hydrogen) atoms. The van der Waals surface area contributed by atoms with Gasteiger partial charge in [-0.05, 0) is 18.8 Å². The van der Waals surface area contributed by atoms with Crippen LogP contribution < -0.4 is 5.32 Å². The third-order valence-electron chi connectivity index (χ3n) is 3.32. The maximum atomic E-state index is 11.8. The monoisotopic (exact) mass is 227 g/mol. The molecule has 2 aliphatic heterocycles. The number of ketones is 1. The molecule has 2 fully saturated rings. The molecular formula is C12H21NO3. The molecule has 0 aromatic rings. The molecule has 0 aromatic heterocycles. The van der Waals surface area contributed by atoms with Crippen molar-refractivity contribution in [2.75, 3.05) is 32.9 Å². The van der Waals surface area contributed by atoms with Crippen LogP contribution in [0, 0.1) is 5.92 Å². The number of hydrogen-bond donors (Lipinski definition) is 1. The van der Waals surface area contributed by atoms with Crippen LogP contribution in [0.25, 0.3) is 0 Å². The van der Waals surface area contributed by atoms with E-state index in [4.69, 9.17) is 9.47 Å². The summed E-state index contributed by atoms with van der Waals surface area (Å²) in [7, 11) is 0. The molecule has 0 radical (unpaired) electrons. The fourth-order valence-corrected chi connectivity index (χ4v) is 2.36. The van der Waals surface area contributed by atoms with Crippen molar-refractivity contribution in [1.29, 1.82) is 0 Å². The summed E-state index contributed by atoms with van der Waals surface area (Å²) in [5, 5.41) is 3.25. The highest BCUT2D eigenvalue weighted by atomic mass is 16.5. The van der Waals surface area contributed by atoms with Gasteiger partial charge in [0.15, 0.2) is 0 Å². The highest BCUT2D eigenvalue weighted by Gasteiger charge is 2.21. The zero-order valence-electron chi connectivity index (χ0n) is 9.74. The average molecular weight is 227 g/mol. The number of rotatable bonds is 4. The Balaban J connectivity index is 1.66. The van der Waals surface area contributed by atoms with Gasteiger partial charge in [0.25, 0.3) is 0 Å². The van der Waals surface area contributed by atoms with E-state index in [-0.39, 0.29) is 6.10 Å². The van der Waals surface area contributed by atoms with E-state index >= 15 is 0 Å². The van der Waals surface area contributed by atoms with E-state index < -0.39 is 0 Å². The van der Waals surface area contributed by atoms with Crippen molar-refractivity contribution in [3.05, 3.63) is 0 Å². The van der Waals surface area contributed by atoms with Gasteiger partial charge in [0.1, 0.15) is 5.78 Å². The largest absolute Gasteiger partial charge is 0.381 e. The number of carbonyl (C=O) groups excluding carboxylic acids is 1. The zero-order chi connectivity index (χ0) is 11.2. The van der Waals surface area contributed by atoms with Gasteiger partial charge in [-0.1, -0.05) is 0 Å². The molecule has 4 nitrogen and oxygen atoms in total. The Morgan fingerprint density at radius 3 is 2.69 bits per heavy atom. The summed E-state index contributed by atoms with van der Waals surface area (Å²) in [6, 6.07) is 0. The molecule has 0 spiro atoms. The molecule has 2 heterocycles. The Hall–Kier alpha value is -0.450. The van der Waals surface area contributed by atoms with Crippen LogP contribution in [0.2, 0.25) is 0 Å². The normalized spacial score (nSPS) is 27.9. The van der Waals surface area contributed by atoms with E-state index in [1.807, 2.05) is 0 Å². The lowest BCUT2D eigenvalue weighted by Gasteiger charge is -2.25. The molecule has 0 bridgehead atoms. The van der Waals surface area contributed by atoms with Crippen LogP contribution in [0.15, 0.2) is 0 Å². The highest BCUT2D eigenvalue weighted by molar-refractivity contribution is 5.79. The van der Waals surface area contributed by atoms with Gasteiger partial charge in [0.2, 0.25) is 0 Å². The molecule has 1 N–H and O–H groups in total. The van der Waals surface area contributed by atoms with Crippen molar-refractivity contribution in [2.24, 2.45) is 5.92 Å². The fraction of sp³-hybridized carbons (Fsp3) is 0.917. The highest BCUT2D eigenvalue weighted by Crippen LogP contribution is 2.20. The van der Waals surface area contributed by atoms with Crippen molar-refractivity contribution in [3.63, 3.8) is 0 Å². The first-order valence-corrected chi connectivity index (χ1v) is 6.26. The zero-order valence-corrected chi connectivity index (χ0v) is 9.74. The van der Waals surface area contributed by atoms with Crippen LogP contribution in [0.1, 0.15) is 25.7 Å². The predicted octanol–water partition coefficient (Wildman–Crippen LogP) is 0.751. The van der Waals surface area contributed by atoms with Crippen LogP contribution in [0.5, 0.6) is 0 Å². The van der Waals surface area contributed by atoms with Gasteiger partial charge in [-0.25, -0.2) is 0 Å². The van der Waals surface area contributed by atoms with Crippen molar-refractivity contribution in [3.8, 4) is 0 Å². The molecule has 4 heteroatoms. The van der Waals surface area contributed by atoms with E-state index in [1.54, 1.807) is 0 Å². The molecule has 0 saturated carbocycles. The van der Waals surface area contributed by atoms with E-state index in [9.17, 15) is 4.79 Å². The second kappa shape index (κ2) is 6.33. The average Bonchev–Trinajstić information content (AvgIpc) is 2.31. The predicted molar refractivity (Wildman–Crippen MR) is 60.4 cm³/mol. The lowest BCUT2D eigenvalue weighted by Crippen LogP contribution is -2.39. The van der Waals surface area contributed by atoms with Crippen LogP contribution in [-0.2, 0) is 14.3 Å². The fourth-order valence-electron chi connectivity index (χ4n) is 2.36. The number of nitrogens with one attached hydrogen (secondary N) is 1. The van der Waals surface area contributed by atoms with Crippen molar-refractivity contribution in [2.45, 2.75) is 31.8 Å². The molecule has 2 aliphatic rings. The van der Waals surface area contributed by atoms with Gasteiger partial charge in [0, 0.05) is 39.1 Å². The number of ether oxygens (including phenoxy) is 2. The minimum atomic E-state index is 0.0982. The topological polar surface area (TPSA) is 47.6 Å². The Morgan fingerprint density at radius 1 is 1.19 bits per heavy atom. The van der Waals surface area contributed by atoms with Gasteiger partial charge >= 0.3 is 0 Å². The smallest absolute Gasteiger partial charge is 0.135 e. The first kappa shape index (κ1) is 12.0. The number of hydrogen-bond acceptors (Lipinski definition) is 4. The third kappa shape index (κ3) is 3.85. The summed E-state index contributed by atoms with van der Waals surface area (Å²) in [5.74, 6) is 0.887. The van der Waals surface area contributed by atoms with E-state index in [1.165, 1.54) is 0 Å². The summed E-state index contributed by atoms with van der Waals surface area (Å²) in [4.78, 5) is 11.8. The first-order chi connectivity index (χ1) is 7.84. The van der Waals surface area contributed by atoms with Crippen molar-refractivity contribution < 1.29 is 14.3 Å². The van der Waals surface area contributed by atoms with E-state index in [2.05, 4.69) is 5.32 Å². The molecule has 2 saturated heterocycles. The second-order valence-electron chi connectivity index (χ2n) is 4.70. The molecule has 0 aliphatic carbocycles. The number of morpholine rings is 1. The maximum absolute atomic E-state index is 11.8. The summed E-state index contributed by atoms with van der Waals surface area (Å²) >= 11 is 0. The Labute approximate surface area is 96.7 Å². The number of Topliss-reactive ketones (excluding diaryl/α,β-unsaturated/α-hetero) is 1. The molecule has 1 atom stereocenters. The van der Waals surface area contributed by atoms with Gasteiger partial charge in [0.05, 0.1) is 12.7 Å². The Morgan fingerprint density at radius 2 is 2.00 bits per heavy atom. The maximum Gasteiger partial charge on any atom is 0.135 e. The third-order valence-corrected chi connectivity index (χ3v) is 3.32. The summed E-state index contributed by atoms with van der Waals surface area (Å²) in [6.45, 7) is 4.10. The van der Waals surface area contributed by atoms with Crippen LogP contribution in [0.3, 0.4) is 0 Å². The van der Waals surface area contributed by atoms with Gasteiger partial charge in [-0.2, -0.15) is 0 Å². The molecule has 92 valence electrons. The molecule has 2 rings (SSSR count). The minimum absolute atomic E-state index is 0.0982. The lowest BCUT2D eigenvalue weighted by molar-refractivity contribution is -0.124. The second-order valence-corrected chi connectivity index (χ2v) is 4.70. The molecular weight excluding hydrogens is 206 g/mol. The van der Waals surface area contributed by atoms with E-state index in [0.717, 1.165) is 45.8 Å².